The molecule has 0 bridgehead atoms. The second kappa shape index (κ2) is 9.21. The van der Waals surface area contributed by atoms with Gasteiger partial charge < -0.3 is 24.6 Å². The Balaban J connectivity index is 1.40. The molecule has 0 saturated carbocycles. The monoisotopic (exact) mass is 450 g/mol. The number of nitrogens with one attached hydrogen (secondary N) is 1. The molecule has 1 saturated heterocycles. The van der Waals surface area contributed by atoms with Crippen LogP contribution in [0.3, 0.4) is 0 Å². The highest BCUT2D eigenvalue weighted by Gasteiger charge is 2.35. The summed E-state index contributed by atoms with van der Waals surface area (Å²) in [4.78, 5) is 24.0. The number of aromatic hydroxyl groups is 1. The Labute approximate surface area is 191 Å². The van der Waals surface area contributed by atoms with E-state index in [1.54, 1.807) is 25.3 Å². The molecule has 5 rings (SSSR count). The van der Waals surface area contributed by atoms with Gasteiger partial charge in [-0.1, -0.05) is 0 Å². The van der Waals surface area contributed by atoms with E-state index >= 15 is 0 Å². The van der Waals surface area contributed by atoms with Gasteiger partial charge in [-0.2, -0.15) is 0 Å². The van der Waals surface area contributed by atoms with Gasteiger partial charge in [0.15, 0.2) is 11.5 Å². The fourth-order valence-electron chi connectivity index (χ4n) is 4.40. The number of hydrogen-bond acceptors (Lipinski definition) is 8. The Kier molecular flexibility index (Phi) is 5.97. The fraction of sp³-hybridized carbons (Fsp3) is 0.375. The van der Waals surface area contributed by atoms with Crippen molar-refractivity contribution in [3.8, 4) is 17.2 Å². The van der Waals surface area contributed by atoms with Crippen LogP contribution in [-0.4, -0.2) is 72.4 Å². The molecule has 9 heteroatoms. The lowest BCUT2D eigenvalue weighted by molar-refractivity contribution is -0.116. The van der Waals surface area contributed by atoms with E-state index in [-0.39, 0.29) is 11.7 Å². The Morgan fingerprint density at radius 2 is 2.03 bits per heavy atom. The van der Waals surface area contributed by atoms with Gasteiger partial charge in [-0.15, -0.1) is 0 Å². The first-order valence-corrected chi connectivity index (χ1v) is 11.0. The van der Waals surface area contributed by atoms with Gasteiger partial charge in [0.2, 0.25) is 5.91 Å². The maximum absolute atomic E-state index is 12.8. The highest BCUT2D eigenvalue weighted by atomic mass is 16.5. The highest BCUT2D eigenvalue weighted by molar-refractivity contribution is 6.07. The van der Waals surface area contributed by atoms with Gasteiger partial charge in [0.1, 0.15) is 18.0 Å². The summed E-state index contributed by atoms with van der Waals surface area (Å²) in [6, 6.07) is 8.47. The number of phenols is 1. The topological polar surface area (TPSA) is 106 Å². The van der Waals surface area contributed by atoms with Crippen molar-refractivity contribution in [2.75, 3.05) is 51.9 Å². The van der Waals surface area contributed by atoms with Crippen molar-refractivity contribution in [1.82, 2.24) is 14.9 Å². The van der Waals surface area contributed by atoms with Gasteiger partial charge in [0.25, 0.3) is 0 Å². The molecule has 1 atom stereocenters. The molecule has 1 amide bonds. The number of phenolic OH excluding ortho intramolecular Hbond substituents is 1. The number of amides is 1. The van der Waals surface area contributed by atoms with Crippen LogP contribution in [0.15, 0.2) is 36.7 Å². The van der Waals surface area contributed by atoms with Crippen molar-refractivity contribution >= 4 is 22.5 Å². The molecule has 1 aromatic heterocycles. The Morgan fingerprint density at radius 3 is 2.85 bits per heavy atom. The minimum absolute atomic E-state index is 0.0963. The van der Waals surface area contributed by atoms with Crippen molar-refractivity contribution in [1.29, 1.82) is 0 Å². The van der Waals surface area contributed by atoms with E-state index < -0.39 is 5.92 Å². The zero-order chi connectivity index (χ0) is 22.8. The second-order valence-electron chi connectivity index (χ2n) is 8.13. The van der Waals surface area contributed by atoms with Crippen LogP contribution >= 0.6 is 0 Å². The molecule has 1 unspecified atom stereocenters. The number of benzene rings is 2. The van der Waals surface area contributed by atoms with E-state index in [1.807, 2.05) is 12.1 Å². The van der Waals surface area contributed by atoms with Crippen molar-refractivity contribution in [3.05, 3.63) is 47.9 Å². The first-order valence-electron chi connectivity index (χ1n) is 11.0. The van der Waals surface area contributed by atoms with Crippen molar-refractivity contribution in [2.45, 2.75) is 12.3 Å². The molecule has 2 aliphatic heterocycles. The first kappa shape index (κ1) is 21.4. The molecule has 1 fully saturated rings. The van der Waals surface area contributed by atoms with Crippen LogP contribution in [0, 0.1) is 0 Å². The summed E-state index contributed by atoms with van der Waals surface area (Å²) in [5.41, 5.74) is 2.56. The van der Waals surface area contributed by atoms with Gasteiger partial charge >= 0.3 is 0 Å². The van der Waals surface area contributed by atoms with E-state index in [0.717, 1.165) is 39.3 Å². The predicted octanol–water partition coefficient (Wildman–Crippen LogP) is 2.53. The summed E-state index contributed by atoms with van der Waals surface area (Å²) >= 11 is 0. The Hall–Kier alpha value is -3.43. The molecule has 0 spiro atoms. The molecule has 2 aliphatic rings. The number of hydrogen-bond donors (Lipinski definition) is 2. The van der Waals surface area contributed by atoms with Crippen LogP contribution < -0.4 is 14.8 Å². The second-order valence-corrected chi connectivity index (χ2v) is 8.13. The molecular formula is C24H26N4O5. The summed E-state index contributed by atoms with van der Waals surface area (Å²) in [5, 5.41) is 13.5. The normalized spacial score (nSPS) is 18.2. The number of methoxy groups -OCH3 is 1. The third kappa shape index (κ3) is 4.29. The molecule has 172 valence electrons. The number of morpholine rings is 1. The van der Waals surface area contributed by atoms with E-state index in [0.29, 0.717) is 46.0 Å². The lowest BCUT2D eigenvalue weighted by atomic mass is 9.94. The summed E-state index contributed by atoms with van der Waals surface area (Å²) in [6.07, 6.45) is 2.33. The first-order chi connectivity index (χ1) is 16.1. The van der Waals surface area contributed by atoms with Gasteiger partial charge in [0.05, 0.1) is 38.1 Å². The molecule has 9 nitrogen and oxygen atoms in total. The minimum Gasteiger partial charge on any atom is -0.508 e. The van der Waals surface area contributed by atoms with Crippen LogP contribution in [0.1, 0.15) is 23.6 Å². The van der Waals surface area contributed by atoms with Crippen molar-refractivity contribution in [2.24, 2.45) is 0 Å². The molecule has 0 aliphatic carbocycles. The van der Waals surface area contributed by atoms with E-state index in [1.165, 1.54) is 6.33 Å². The van der Waals surface area contributed by atoms with Crippen LogP contribution in [0.2, 0.25) is 0 Å². The summed E-state index contributed by atoms with van der Waals surface area (Å²) < 4.78 is 17.0. The Morgan fingerprint density at radius 1 is 1.18 bits per heavy atom. The summed E-state index contributed by atoms with van der Waals surface area (Å²) in [7, 11) is 1.58. The number of rotatable bonds is 7. The number of nitrogens with zero attached hydrogens (tertiary/aromatic N) is 3. The molecule has 2 aromatic carbocycles. The van der Waals surface area contributed by atoms with Crippen LogP contribution in [-0.2, 0) is 9.53 Å². The third-order valence-electron chi connectivity index (χ3n) is 6.07. The number of carbonyl (C=O) groups excluding carboxylic acids is 1. The quantitative estimate of drug-likeness (QED) is 0.418. The van der Waals surface area contributed by atoms with Gasteiger partial charge in [-0.05, 0) is 36.2 Å². The standard InChI is InChI=1S/C24H26N4O5/c1-31-20-12-17-19(13-21(20)33-8-2-5-28-6-9-32-10-7-28)25-14-26-23(17)22-16-11-15(29)3-4-18(16)27-24(22)30/h3-4,11-14,22,29H,2,5-10H2,1H3,(H,27,30). The Bertz CT molecular complexity index is 1180. The summed E-state index contributed by atoms with van der Waals surface area (Å²) in [5.74, 6) is 0.407. The van der Waals surface area contributed by atoms with Crippen LogP contribution in [0.5, 0.6) is 17.2 Å². The molecule has 3 aromatic rings. The summed E-state index contributed by atoms with van der Waals surface area (Å²) in [6.45, 7) is 4.97. The highest BCUT2D eigenvalue weighted by Crippen LogP contribution is 2.42. The molecule has 0 radical (unpaired) electrons. The SMILES string of the molecule is COc1cc2c(C3C(=O)Nc4ccc(O)cc43)ncnc2cc1OCCCN1CCOCC1. The maximum Gasteiger partial charge on any atom is 0.238 e. The lowest BCUT2D eigenvalue weighted by Gasteiger charge is -2.26. The number of fused-ring (bicyclic) bond motifs is 2. The zero-order valence-corrected chi connectivity index (χ0v) is 18.4. The molecular weight excluding hydrogens is 424 g/mol. The molecule has 3 heterocycles. The van der Waals surface area contributed by atoms with Gasteiger partial charge in [-0.3, -0.25) is 9.69 Å². The smallest absolute Gasteiger partial charge is 0.238 e. The van der Waals surface area contributed by atoms with Gasteiger partial charge in [0, 0.05) is 36.8 Å². The maximum atomic E-state index is 12.8. The average Bonchev–Trinajstić information content (AvgIpc) is 3.16. The number of ether oxygens (including phenoxy) is 3. The van der Waals surface area contributed by atoms with Crippen molar-refractivity contribution < 1.29 is 24.1 Å². The average molecular weight is 450 g/mol. The van der Waals surface area contributed by atoms with E-state index in [9.17, 15) is 9.90 Å². The zero-order valence-electron chi connectivity index (χ0n) is 18.4. The largest absolute Gasteiger partial charge is 0.508 e. The lowest BCUT2D eigenvalue weighted by Crippen LogP contribution is -2.37. The molecule has 2 N–H and O–H groups in total. The van der Waals surface area contributed by atoms with Crippen molar-refractivity contribution in [3.63, 3.8) is 0 Å². The van der Waals surface area contributed by atoms with Crippen LogP contribution in [0.4, 0.5) is 5.69 Å². The number of anilines is 1. The van der Waals surface area contributed by atoms with Crippen LogP contribution in [0.25, 0.3) is 10.9 Å². The minimum atomic E-state index is -0.650. The number of aromatic nitrogens is 2. The third-order valence-corrected chi connectivity index (χ3v) is 6.07. The molecule has 33 heavy (non-hydrogen) atoms. The fourth-order valence-corrected chi connectivity index (χ4v) is 4.40. The van der Waals surface area contributed by atoms with E-state index in [2.05, 4.69) is 20.2 Å². The van der Waals surface area contributed by atoms with Gasteiger partial charge in [-0.25, -0.2) is 9.97 Å². The number of carbonyl (C=O) groups is 1. The van der Waals surface area contributed by atoms with E-state index in [4.69, 9.17) is 14.2 Å². The predicted molar refractivity (Wildman–Crippen MR) is 122 cm³/mol.